The van der Waals surface area contributed by atoms with Crippen LogP contribution in [0.3, 0.4) is 0 Å². The minimum absolute atomic E-state index is 0.650. The van der Waals surface area contributed by atoms with Crippen molar-refractivity contribution < 1.29 is 0 Å². The smallest absolute Gasteiger partial charge is 0.235 e. The largest absolute Gasteiger partial charge is 0.309 e. The fraction of sp³-hybridized carbons (Fsp3) is 0. The highest BCUT2D eigenvalue weighted by molar-refractivity contribution is 6.10. The minimum atomic E-state index is 0.650. The first kappa shape index (κ1) is 34.0. The Labute approximate surface area is 347 Å². The summed E-state index contributed by atoms with van der Waals surface area (Å²) in [6.45, 7) is 0. The highest BCUT2D eigenvalue weighted by Crippen LogP contribution is 2.44. The lowest BCUT2D eigenvalue weighted by Gasteiger charge is -2.27. The molecular weight excluding hydrogens is 729 g/mol. The van der Waals surface area contributed by atoms with Gasteiger partial charge in [0.1, 0.15) is 0 Å². The molecule has 0 spiro atoms. The monoisotopic (exact) mass is 764 g/mol. The first-order chi connectivity index (χ1) is 29.7. The van der Waals surface area contributed by atoms with E-state index >= 15 is 0 Å². The van der Waals surface area contributed by atoms with Crippen molar-refractivity contribution in [2.75, 3.05) is 4.90 Å². The van der Waals surface area contributed by atoms with Crippen LogP contribution >= 0.6 is 0 Å². The molecule has 1 aliphatic heterocycles. The van der Waals surface area contributed by atoms with Crippen molar-refractivity contribution in [2.45, 2.75) is 0 Å². The van der Waals surface area contributed by atoms with Crippen LogP contribution in [0.25, 0.3) is 95.1 Å². The van der Waals surface area contributed by atoms with Gasteiger partial charge in [-0.1, -0.05) is 164 Å². The maximum atomic E-state index is 5.39. The third-order valence-corrected chi connectivity index (χ3v) is 12.0. The third kappa shape index (κ3) is 5.53. The van der Waals surface area contributed by atoms with Crippen molar-refractivity contribution in [2.24, 2.45) is 0 Å². The minimum Gasteiger partial charge on any atom is -0.309 e. The summed E-state index contributed by atoms with van der Waals surface area (Å²) in [6.07, 6.45) is 4.48. The number of para-hydroxylation sites is 4. The summed E-state index contributed by atoms with van der Waals surface area (Å²) < 4.78 is 2.23. The Kier molecular flexibility index (Phi) is 7.82. The summed E-state index contributed by atoms with van der Waals surface area (Å²) in [6, 6.07) is 73.7. The average Bonchev–Trinajstić information content (AvgIpc) is 3.55. The number of rotatable bonds is 5. The lowest BCUT2D eigenvalue weighted by molar-refractivity contribution is 1.01. The Bertz CT molecular complexity index is 3480. The molecule has 0 atom stereocenters. The first-order valence-corrected chi connectivity index (χ1v) is 20.4. The van der Waals surface area contributed by atoms with Crippen molar-refractivity contribution in [1.82, 2.24) is 14.5 Å². The van der Waals surface area contributed by atoms with Crippen LogP contribution in [-0.2, 0) is 0 Å². The molecule has 0 amide bonds. The van der Waals surface area contributed by atoms with E-state index in [4.69, 9.17) is 9.97 Å². The van der Waals surface area contributed by atoms with Crippen molar-refractivity contribution in [3.63, 3.8) is 0 Å². The molecular formula is C56H36N4. The van der Waals surface area contributed by atoms with E-state index in [2.05, 4.69) is 228 Å². The predicted octanol–water partition coefficient (Wildman–Crippen LogP) is 14.8. The lowest BCUT2D eigenvalue weighted by Crippen LogP contribution is -2.11. The molecule has 60 heavy (non-hydrogen) atoms. The van der Waals surface area contributed by atoms with E-state index in [0.717, 1.165) is 77.7 Å². The molecule has 0 saturated carbocycles. The quantitative estimate of drug-likeness (QED) is 0.175. The third-order valence-electron chi connectivity index (χ3n) is 12.0. The van der Waals surface area contributed by atoms with Crippen molar-refractivity contribution in [1.29, 1.82) is 0 Å². The van der Waals surface area contributed by atoms with Crippen LogP contribution in [0, 0.1) is 0 Å². The van der Waals surface area contributed by atoms with E-state index in [9.17, 15) is 0 Å². The molecule has 0 bridgehead atoms. The molecule has 2 aromatic heterocycles. The number of benzene rings is 9. The van der Waals surface area contributed by atoms with E-state index in [1.54, 1.807) is 0 Å². The SMILES string of the molecule is C1=Cc2cc(-c3ccc4c(c3)c3ccccc3n4-c3nc(-c4ccc(-c5cccc6ccccc56)cc4)c4ccccc4n3)ccc2N(c2ccccc2)c2ccccc21. The topological polar surface area (TPSA) is 34.0 Å². The second-order valence-electron chi connectivity index (χ2n) is 15.4. The van der Waals surface area contributed by atoms with Gasteiger partial charge in [-0.3, -0.25) is 4.57 Å². The van der Waals surface area contributed by atoms with Crippen molar-refractivity contribution in [3.05, 3.63) is 217 Å². The standard InChI is InChI=1S/C56H36N4/c1-2-16-44(17-3-1)59-51-23-10-5-14-39(51)27-30-43-35-41(31-33-52(43)59)42-32-34-54-49(36-42)47-19-8-11-24-53(47)60(54)56-57-50-22-9-7-20-48(50)55(58-56)40-28-25-38(26-29-40)46-21-12-15-37-13-4-6-18-45(37)46/h1-36H. The maximum absolute atomic E-state index is 5.39. The van der Waals surface area contributed by atoms with Crippen LogP contribution in [0.2, 0.25) is 0 Å². The van der Waals surface area contributed by atoms with Gasteiger partial charge >= 0.3 is 0 Å². The zero-order chi connectivity index (χ0) is 39.6. The van der Waals surface area contributed by atoms with Gasteiger partial charge in [0.15, 0.2) is 0 Å². The second kappa shape index (κ2) is 13.8. The average molecular weight is 765 g/mol. The van der Waals surface area contributed by atoms with Crippen LogP contribution in [0.1, 0.15) is 11.1 Å². The molecule has 1 aliphatic rings. The van der Waals surface area contributed by atoms with Gasteiger partial charge in [-0.2, -0.15) is 0 Å². The molecule has 0 N–H and O–H groups in total. The molecule has 280 valence electrons. The van der Waals surface area contributed by atoms with Gasteiger partial charge in [-0.15, -0.1) is 0 Å². The summed E-state index contributed by atoms with van der Waals surface area (Å²) in [7, 11) is 0. The number of fused-ring (bicyclic) bond motifs is 7. The molecule has 4 nitrogen and oxygen atoms in total. The van der Waals surface area contributed by atoms with E-state index in [1.165, 1.54) is 27.5 Å². The van der Waals surface area contributed by atoms with Gasteiger partial charge in [0.05, 0.1) is 33.6 Å². The highest BCUT2D eigenvalue weighted by Gasteiger charge is 2.22. The summed E-state index contributed by atoms with van der Waals surface area (Å²) >= 11 is 0. The van der Waals surface area contributed by atoms with Gasteiger partial charge in [-0.05, 0) is 98.8 Å². The normalized spacial score (nSPS) is 12.2. The van der Waals surface area contributed by atoms with Crippen LogP contribution in [-0.4, -0.2) is 14.5 Å². The molecule has 0 radical (unpaired) electrons. The molecule has 0 fully saturated rings. The van der Waals surface area contributed by atoms with Crippen LogP contribution in [0.4, 0.5) is 17.1 Å². The summed E-state index contributed by atoms with van der Waals surface area (Å²) in [4.78, 5) is 13.0. The molecule has 4 heteroatoms. The molecule has 12 rings (SSSR count). The van der Waals surface area contributed by atoms with Gasteiger partial charge in [-0.25, -0.2) is 9.97 Å². The van der Waals surface area contributed by atoms with E-state index in [0.29, 0.717) is 5.95 Å². The van der Waals surface area contributed by atoms with Gasteiger partial charge in [0, 0.05) is 27.4 Å². The van der Waals surface area contributed by atoms with Crippen molar-refractivity contribution >= 4 is 72.7 Å². The van der Waals surface area contributed by atoms with Crippen LogP contribution in [0.5, 0.6) is 0 Å². The number of aromatic nitrogens is 3. The van der Waals surface area contributed by atoms with E-state index < -0.39 is 0 Å². The summed E-state index contributed by atoms with van der Waals surface area (Å²) in [5.74, 6) is 0.650. The number of anilines is 3. The van der Waals surface area contributed by atoms with Crippen molar-refractivity contribution in [3.8, 4) is 39.5 Å². The molecule has 0 unspecified atom stereocenters. The summed E-state index contributed by atoms with van der Waals surface area (Å²) in [5.41, 5.74) is 15.5. The Morgan fingerprint density at radius 2 is 1.00 bits per heavy atom. The van der Waals surface area contributed by atoms with Crippen LogP contribution < -0.4 is 4.90 Å². The number of hydrogen-bond donors (Lipinski definition) is 0. The van der Waals surface area contributed by atoms with E-state index in [-0.39, 0.29) is 0 Å². The fourth-order valence-electron chi connectivity index (χ4n) is 9.11. The lowest BCUT2D eigenvalue weighted by atomic mass is 9.96. The Hall–Kier alpha value is -8.08. The Morgan fingerprint density at radius 3 is 1.90 bits per heavy atom. The van der Waals surface area contributed by atoms with Gasteiger partial charge < -0.3 is 4.90 Å². The molecule has 11 aromatic rings. The maximum Gasteiger partial charge on any atom is 0.235 e. The molecule has 3 heterocycles. The highest BCUT2D eigenvalue weighted by atomic mass is 15.2. The molecule has 0 aliphatic carbocycles. The first-order valence-electron chi connectivity index (χ1n) is 20.4. The molecule has 9 aromatic carbocycles. The zero-order valence-electron chi connectivity index (χ0n) is 32.6. The van der Waals surface area contributed by atoms with Crippen LogP contribution in [0.15, 0.2) is 206 Å². The Balaban J connectivity index is 0.977. The number of nitrogens with zero attached hydrogens (tertiary/aromatic N) is 4. The zero-order valence-corrected chi connectivity index (χ0v) is 32.6. The number of hydrogen-bond acceptors (Lipinski definition) is 3. The van der Waals surface area contributed by atoms with Gasteiger partial charge in [0.2, 0.25) is 5.95 Å². The Morgan fingerprint density at radius 1 is 0.367 bits per heavy atom. The summed E-state index contributed by atoms with van der Waals surface area (Å²) in [5, 5.41) is 5.82. The fourth-order valence-corrected chi connectivity index (χ4v) is 9.11. The molecule has 0 saturated heterocycles. The van der Waals surface area contributed by atoms with E-state index in [1.807, 2.05) is 0 Å². The predicted molar refractivity (Wildman–Crippen MR) is 251 cm³/mol. The van der Waals surface area contributed by atoms with Gasteiger partial charge in [0.25, 0.3) is 0 Å². The second-order valence-corrected chi connectivity index (χ2v) is 15.4.